The fourth-order valence-corrected chi connectivity index (χ4v) is 3.18. The Bertz CT molecular complexity index is 1040. The molecule has 8 heteroatoms. The molecule has 0 aliphatic rings. The lowest BCUT2D eigenvalue weighted by Crippen LogP contribution is -2.27. The molecule has 3 rings (SSSR count). The molecule has 7 nitrogen and oxygen atoms in total. The molecule has 0 bridgehead atoms. The summed E-state index contributed by atoms with van der Waals surface area (Å²) < 4.78 is 2.03. The van der Waals surface area contributed by atoms with Crippen LogP contribution >= 0.6 is 11.6 Å². The average Bonchev–Trinajstić information content (AvgIpc) is 2.75. The molecule has 3 aromatic rings. The zero-order chi connectivity index (χ0) is 21.5. The smallest absolute Gasteiger partial charge is 0.271 e. The van der Waals surface area contributed by atoms with Gasteiger partial charge in [-0.2, -0.15) is 5.11 Å². The number of pyridine rings is 1. The van der Waals surface area contributed by atoms with Crippen molar-refractivity contribution < 1.29 is 9.49 Å². The van der Waals surface area contributed by atoms with E-state index in [-0.39, 0.29) is 10.7 Å². The number of non-ortho nitro benzene ring substituents is 1. The van der Waals surface area contributed by atoms with E-state index in [0.717, 1.165) is 25.2 Å². The van der Waals surface area contributed by atoms with Gasteiger partial charge >= 0.3 is 0 Å². The van der Waals surface area contributed by atoms with E-state index >= 15 is 0 Å². The van der Waals surface area contributed by atoms with Gasteiger partial charge in [-0.05, 0) is 49.2 Å². The van der Waals surface area contributed by atoms with E-state index in [1.807, 2.05) is 35.9 Å². The number of halogens is 1. The fraction of sp³-hybridized carbons (Fsp3) is 0.227. The Morgan fingerprint density at radius 3 is 2.37 bits per heavy atom. The third-order valence-corrected chi connectivity index (χ3v) is 5.03. The Hall–Kier alpha value is -3.32. The van der Waals surface area contributed by atoms with Gasteiger partial charge in [0.05, 0.1) is 15.6 Å². The summed E-state index contributed by atoms with van der Waals surface area (Å²) in [6.07, 6.45) is 5.08. The summed E-state index contributed by atoms with van der Waals surface area (Å²) in [7, 11) is 2.01. The van der Waals surface area contributed by atoms with Gasteiger partial charge in [-0.25, -0.2) is 4.57 Å². The van der Waals surface area contributed by atoms with Crippen LogP contribution in [-0.4, -0.2) is 18.0 Å². The number of azo groups is 1. The van der Waals surface area contributed by atoms with Crippen LogP contribution < -0.4 is 9.47 Å². The molecule has 154 valence electrons. The van der Waals surface area contributed by atoms with Crippen LogP contribution in [0, 0.1) is 10.1 Å². The van der Waals surface area contributed by atoms with E-state index < -0.39 is 4.92 Å². The molecule has 0 radical (unpaired) electrons. The number of anilines is 1. The van der Waals surface area contributed by atoms with Crippen LogP contribution in [0.25, 0.3) is 0 Å². The molecular weight excluding hydrogens is 402 g/mol. The van der Waals surface area contributed by atoms with Crippen LogP contribution in [0.1, 0.15) is 12.5 Å². The molecule has 0 atom stereocenters. The average molecular weight is 425 g/mol. The molecule has 30 heavy (non-hydrogen) atoms. The number of nitrogens with zero attached hydrogens (tertiary/aromatic N) is 5. The van der Waals surface area contributed by atoms with Gasteiger partial charge in [-0.1, -0.05) is 11.6 Å². The molecule has 0 N–H and O–H groups in total. The van der Waals surface area contributed by atoms with Crippen molar-refractivity contribution >= 4 is 34.4 Å². The van der Waals surface area contributed by atoms with Crippen molar-refractivity contribution in [2.24, 2.45) is 17.3 Å². The second kappa shape index (κ2) is 9.93. The zero-order valence-corrected chi connectivity index (χ0v) is 17.7. The summed E-state index contributed by atoms with van der Waals surface area (Å²) >= 11 is 6.05. The zero-order valence-electron chi connectivity index (χ0n) is 16.9. The number of aryl methyl sites for hydroxylation is 1. The lowest BCUT2D eigenvalue weighted by Gasteiger charge is -2.23. The molecule has 0 saturated carbocycles. The quantitative estimate of drug-likeness (QED) is 0.206. The Morgan fingerprint density at radius 2 is 1.77 bits per heavy atom. The first kappa shape index (κ1) is 21.4. The number of hydrogen-bond acceptors (Lipinski definition) is 5. The van der Waals surface area contributed by atoms with Crippen LogP contribution in [0.4, 0.5) is 22.7 Å². The molecule has 0 aliphatic carbocycles. The monoisotopic (exact) mass is 424 g/mol. The first-order chi connectivity index (χ1) is 14.5. The molecule has 0 spiro atoms. The van der Waals surface area contributed by atoms with Crippen LogP contribution in [0.5, 0.6) is 0 Å². The van der Waals surface area contributed by atoms with E-state index in [2.05, 4.69) is 46.6 Å². The minimum absolute atomic E-state index is 0.0765. The molecule has 1 heterocycles. The van der Waals surface area contributed by atoms with Crippen LogP contribution in [0.3, 0.4) is 0 Å². The summed E-state index contributed by atoms with van der Waals surface area (Å²) in [4.78, 5) is 12.6. The molecule has 0 aliphatic heterocycles. The first-order valence-electron chi connectivity index (χ1n) is 9.61. The number of nitro groups is 1. The van der Waals surface area contributed by atoms with E-state index in [4.69, 9.17) is 11.6 Å². The molecule has 1 aromatic heterocycles. The van der Waals surface area contributed by atoms with Crippen molar-refractivity contribution in [2.75, 3.05) is 18.0 Å². The Balaban J connectivity index is 1.65. The predicted molar refractivity (Wildman–Crippen MR) is 118 cm³/mol. The Labute approximate surface area is 180 Å². The van der Waals surface area contributed by atoms with Crippen molar-refractivity contribution in [2.45, 2.75) is 13.3 Å². The summed E-state index contributed by atoms with van der Waals surface area (Å²) in [5.74, 6) is 0. The minimum Gasteiger partial charge on any atom is -0.371 e. The van der Waals surface area contributed by atoms with Crippen LogP contribution in [-0.2, 0) is 13.5 Å². The minimum atomic E-state index is -0.497. The largest absolute Gasteiger partial charge is 0.371 e. The van der Waals surface area contributed by atoms with Gasteiger partial charge < -0.3 is 4.90 Å². The highest BCUT2D eigenvalue weighted by molar-refractivity contribution is 6.33. The highest BCUT2D eigenvalue weighted by Crippen LogP contribution is 2.30. The van der Waals surface area contributed by atoms with E-state index in [0.29, 0.717) is 11.4 Å². The summed E-state index contributed by atoms with van der Waals surface area (Å²) in [6, 6.07) is 16.2. The molecule has 0 saturated heterocycles. The molecule has 2 aromatic carbocycles. The van der Waals surface area contributed by atoms with E-state index in [1.165, 1.54) is 23.8 Å². The van der Waals surface area contributed by atoms with Crippen LogP contribution in [0.2, 0.25) is 5.02 Å². The first-order valence-corrected chi connectivity index (χ1v) is 9.99. The number of hydrogen-bond donors (Lipinski definition) is 0. The third-order valence-electron chi connectivity index (χ3n) is 4.73. The van der Waals surface area contributed by atoms with Crippen LogP contribution in [0.15, 0.2) is 77.2 Å². The van der Waals surface area contributed by atoms with Gasteiger partial charge in [0.2, 0.25) is 0 Å². The Morgan fingerprint density at radius 1 is 1.07 bits per heavy atom. The van der Waals surface area contributed by atoms with Crippen molar-refractivity contribution in [1.82, 2.24) is 0 Å². The normalized spacial score (nSPS) is 11.0. The number of nitro benzene ring substituents is 1. The number of aromatic nitrogens is 1. The summed E-state index contributed by atoms with van der Waals surface area (Å²) in [5, 5.41) is 19.3. The highest BCUT2D eigenvalue weighted by Gasteiger charge is 2.09. The third kappa shape index (κ3) is 5.61. The maximum absolute atomic E-state index is 10.8. The lowest BCUT2D eigenvalue weighted by molar-refractivity contribution is -0.671. The standard InChI is InChI=1S/C22H23ClN5O2/c1-3-27(15-12-17-10-13-26(2)14-11-17)19-6-4-18(5-7-19)24-25-22-9-8-20(28(29)30)16-21(22)23/h4-11,13-14,16H,3,12,15H2,1-2H3/q+1. The number of likely N-dealkylation sites (N-methyl/N-ethyl adjacent to an activating group) is 1. The van der Waals surface area contributed by atoms with Gasteiger partial charge in [0.1, 0.15) is 12.7 Å². The van der Waals surface area contributed by atoms with Gasteiger partial charge in [0, 0.05) is 43.0 Å². The highest BCUT2D eigenvalue weighted by atomic mass is 35.5. The molecular formula is C22H23ClN5O2+. The molecule has 0 fully saturated rings. The SMILES string of the molecule is CCN(CCc1cc[n+](C)cc1)c1ccc(N=Nc2ccc([N+](=O)[O-])cc2Cl)cc1. The van der Waals surface area contributed by atoms with Crippen molar-refractivity contribution in [1.29, 1.82) is 0 Å². The van der Waals surface area contributed by atoms with Gasteiger partial charge in [0.25, 0.3) is 5.69 Å². The Kier molecular flexibility index (Phi) is 7.08. The van der Waals surface area contributed by atoms with E-state index in [9.17, 15) is 10.1 Å². The van der Waals surface area contributed by atoms with Gasteiger partial charge in [0.15, 0.2) is 12.4 Å². The molecule has 0 unspecified atom stereocenters. The molecule has 0 amide bonds. The summed E-state index contributed by atoms with van der Waals surface area (Å²) in [5.41, 5.74) is 3.41. The topological polar surface area (TPSA) is 75.0 Å². The van der Waals surface area contributed by atoms with Crippen molar-refractivity contribution in [3.8, 4) is 0 Å². The fourth-order valence-electron chi connectivity index (χ4n) is 2.96. The van der Waals surface area contributed by atoms with E-state index in [1.54, 1.807) is 0 Å². The van der Waals surface area contributed by atoms with Gasteiger partial charge in [-0.3, -0.25) is 10.1 Å². The summed E-state index contributed by atoms with van der Waals surface area (Å²) in [6.45, 7) is 3.96. The second-order valence-corrected chi connectivity index (χ2v) is 7.22. The maximum atomic E-state index is 10.8. The number of benzene rings is 2. The lowest BCUT2D eigenvalue weighted by atomic mass is 10.2. The van der Waals surface area contributed by atoms with Crippen molar-refractivity contribution in [3.05, 3.63) is 87.7 Å². The maximum Gasteiger partial charge on any atom is 0.271 e. The predicted octanol–water partition coefficient (Wildman–Crippen LogP) is 5.56. The van der Waals surface area contributed by atoms with Crippen molar-refractivity contribution in [3.63, 3.8) is 0 Å². The number of rotatable bonds is 8. The second-order valence-electron chi connectivity index (χ2n) is 6.81. The van der Waals surface area contributed by atoms with Gasteiger partial charge in [-0.15, -0.1) is 5.11 Å².